The molecule has 0 fully saturated rings. The number of halogens is 1. The Bertz CT molecular complexity index is 915. The number of nitriles is 1. The predicted octanol–water partition coefficient (Wildman–Crippen LogP) is 3.20. The summed E-state index contributed by atoms with van der Waals surface area (Å²) in [5.74, 6) is -0.0262. The van der Waals surface area contributed by atoms with Gasteiger partial charge in [-0.1, -0.05) is 18.2 Å². The monoisotopic (exact) mass is 334 g/mol. The highest BCUT2D eigenvalue weighted by atomic mass is 19.1. The minimum Gasteiger partial charge on any atom is -0.347 e. The van der Waals surface area contributed by atoms with E-state index in [1.165, 1.54) is 17.0 Å². The highest BCUT2D eigenvalue weighted by Gasteiger charge is 2.18. The van der Waals surface area contributed by atoms with E-state index in [4.69, 9.17) is 5.26 Å². The van der Waals surface area contributed by atoms with Gasteiger partial charge in [-0.05, 0) is 35.9 Å². The Morgan fingerprint density at radius 2 is 2.08 bits per heavy atom. The third-order valence-electron chi connectivity index (χ3n) is 3.70. The average molecular weight is 334 g/mol. The van der Waals surface area contributed by atoms with Crippen LogP contribution in [0, 0.1) is 17.1 Å². The number of hydrogen-bond donors (Lipinski definition) is 1. The highest BCUT2D eigenvalue weighted by molar-refractivity contribution is 5.94. The first-order chi connectivity index (χ1) is 12.2. The molecule has 0 aliphatic carbocycles. The molecule has 3 rings (SSSR count). The van der Waals surface area contributed by atoms with E-state index in [2.05, 4.69) is 16.0 Å². The number of imidazole rings is 1. The Kier molecular flexibility index (Phi) is 4.86. The van der Waals surface area contributed by atoms with E-state index in [0.29, 0.717) is 17.1 Å². The summed E-state index contributed by atoms with van der Waals surface area (Å²) < 4.78 is 13.6. The predicted molar refractivity (Wildman–Crippen MR) is 91.0 cm³/mol. The maximum absolute atomic E-state index is 13.6. The van der Waals surface area contributed by atoms with Crippen LogP contribution in [-0.2, 0) is 17.8 Å². The van der Waals surface area contributed by atoms with Crippen LogP contribution in [0.25, 0.3) is 0 Å². The molecule has 124 valence electrons. The molecule has 0 unspecified atom stereocenters. The first-order valence-electron chi connectivity index (χ1n) is 7.69. The molecule has 1 N–H and O–H groups in total. The molecule has 0 saturated carbocycles. The van der Waals surface area contributed by atoms with Crippen LogP contribution in [0.1, 0.15) is 17.0 Å². The molecule has 0 aliphatic rings. The van der Waals surface area contributed by atoms with Crippen molar-refractivity contribution in [3.05, 3.63) is 83.7 Å². The van der Waals surface area contributed by atoms with Crippen molar-refractivity contribution in [2.75, 3.05) is 4.90 Å². The Morgan fingerprint density at radius 3 is 2.80 bits per heavy atom. The van der Waals surface area contributed by atoms with Crippen molar-refractivity contribution in [2.45, 2.75) is 13.0 Å². The fraction of sp³-hybridized carbons (Fsp3) is 0.105. The van der Waals surface area contributed by atoms with Crippen LogP contribution in [0.15, 0.2) is 60.9 Å². The van der Waals surface area contributed by atoms with E-state index >= 15 is 0 Å². The maximum atomic E-state index is 13.6. The molecular weight excluding hydrogens is 319 g/mol. The molecular formula is C19H15FN4O. The van der Waals surface area contributed by atoms with Gasteiger partial charge in [0, 0.05) is 18.1 Å². The number of carbonyl (C=O) groups excluding carboxylic acids is 1. The van der Waals surface area contributed by atoms with Crippen LogP contribution in [-0.4, -0.2) is 15.9 Å². The van der Waals surface area contributed by atoms with E-state index in [1.54, 1.807) is 48.8 Å². The first kappa shape index (κ1) is 16.4. The summed E-state index contributed by atoms with van der Waals surface area (Å²) in [5, 5.41) is 8.99. The number of aromatic amines is 1. The third kappa shape index (κ3) is 4.09. The first-order valence-corrected chi connectivity index (χ1v) is 7.69. The molecule has 0 spiro atoms. The second kappa shape index (κ2) is 7.41. The van der Waals surface area contributed by atoms with Crippen molar-refractivity contribution in [1.29, 1.82) is 5.26 Å². The van der Waals surface area contributed by atoms with E-state index in [-0.39, 0.29) is 18.9 Å². The number of nitrogens with one attached hydrogen (secondary N) is 1. The summed E-state index contributed by atoms with van der Waals surface area (Å²) in [7, 11) is 0. The van der Waals surface area contributed by atoms with Gasteiger partial charge in [0.25, 0.3) is 0 Å². The quantitative estimate of drug-likeness (QED) is 0.779. The Morgan fingerprint density at radius 1 is 1.24 bits per heavy atom. The lowest BCUT2D eigenvalue weighted by Gasteiger charge is -2.22. The van der Waals surface area contributed by atoms with Gasteiger partial charge in [-0.25, -0.2) is 9.37 Å². The molecule has 1 aromatic heterocycles. The summed E-state index contributed by atoms with van der Waals surface area (Å²) >= 11 is 0. The van der Waals surface area contributed by atoms with Crippen LogP contribution in [0.3, 0.4) is 0 Å². The van der Waals surface area contributed by atoms with Gasteiger partial charge in [-0.2, -0.15) is 5.26 Å². The van der Waals surface area contributed by atoms with Crippen LogP contribution < -0.4 is 4.90 Å². The van der Waals surface area contributed by atoms with Gasteiger partial charge in [0.1, 0.15) is 11.6 Å². The molecule has 0 saturated heterocycles. The lowest BCUT2D eigenvalue weighted by Crippen LogP contribution is -2.32. The fourth-order valence-corrected chi connectivity index (χ4v) is 2.52. The molecule has 0 radical (unpaired) electrons. The Hall–Kier alpha value is -3.46. The molecule has 0 aliphatic heterocycles. The number of hydrogen-bond acceptors (Lipinski definition) is 3. The van der Waals surface area contributed by atoms with E-state index in [1.807, 2.05) is 0 Å². The van der Waals surface area contributed by atoms with Gasteiger partial charge >= 0.3 is 0 Å². The van der Waals surface area contributed by atoms with Gasteiger partial charge in [0.05, 0.1) is 24.6 Å². The lowest BCUT2D eigenvalue weighted by molar-refractivity contribution is -0.118. The normalized spacial score (nSPS) is 10.2. The van der Waals surface area contributed by atoms with E-state index in [9.17, 15) is 9.18 Å². The van der Waals surface area contributed by atoms with Crippen molar-refractivity contribution in [3.8, 4) is 6.07 Å². The molecule has 0 atom stereocenters. The average Bonchev–Trinajstić information content (AvgIpc) is 3.13. The van der Waals surface area contributed by atoms with Crippen LogP contribution >= 0.6 is 0 Å². The SMILES string of the molecule is N#Cc1cccc(CC(=O)N(Cc2ncc[nH]2)c2cccc(F)c2)c1. The number of carbonyl (C=O) groups is 1. The van der Waals surface area contributed by atoms with Gasteiger partial charge < -0.3 is 9.88 Å². The minimum absolute atomic E-state index is 0.104. The molecule has 3 aromatic rings. The van der Waals surface area contributed by atoms with Crippen LogP contribution in [0.4, 0.5) is 10.1 Å². The highest BCUT2D eigenvalue weighted by Crippen LogP contribution is 2.19. The van der Waals surface area contributed by atoms with E-state index in [0.717, 1.165) is 5.56 Å². The molecule has 1 amide bonds. The molecule has 5 nitrogen and oxygen atoms in total. The summed E-state index contributed by atoms with van der Waals surface area (Å²) in [6.45, 7) is 0.202. The summed E-state index contributed by atoms with van der Waals surface area (Å²) in [6.07, 6.45) is 3.37. The van der Waals surface area contributed by atoms with Crippen LogP contribution in [0.2, 0.25) is 0 Å². The molecule has 0 bridgehead atoms. The molecule has 1 heterocycles. The molecule has 25 heavy (non-hydrogen) atoms. The zero-order valence-corrected chi connectivity index (χ0v) is 13.3. The topological polar surface area (TPSA) is 72.8 Å². The number of benzene rings is 2. The van der Waals surface area contributed by atoms with Gasteiger partial charge in [-0.15, -0.1) is 0 Å². The zero-order chi connectivity index (χ0) is 17.6. The molecule has 6 heteroatoms. The second-order valence-electron chi connectivity index (χ2n) is 5.48. The zero-order valence-electron chi connectivity index (χ0n) is 13.3. The Balaban J connectivity index is 1.87. The number of amides is 1. The number of rotatable bonds is 5. The summed E-state index contributed by atoms with van der Waals surface area (Å²) in [5.41, 5.74) is 1.68. The van der Waals surface area contributed by atoms with Gasteiger partial charge in [0.15, 0.2) is 0 Å². The van der Waals surface area contributed by atoms with Crippen molar-refractivity contribution in [2.24, 2.45) is 0 Å². The third-order valence-corrected chi connectivity index (χ3v) is 3.70. The van der Waals surface area contributed by atoms with E-state index < -0.39 is 5.82 Å². The maximum Gasteiger partial charge on any atom is 0.231 e. The number of nitrogens with zero attached hydrogens (tertiary/aromatic N) is 3. The van der Waals surface area contributed by atoms with Gasteiger partial charge in [-0.3, -0.25) is 4.79 Å². The minimum atomic E-state index is -0.416. The standard InChI is InChI=1S/C19H15FN4O/c20-16-5-2-6-17(11-16)24(13-18-22-7-8-23-18)19(25)10-14-3-1-4-15(9-14)12-21/h1-9,11H,10,13H2,(H,22,23). The lowest BCUT2D eigenvalue weighted by atomic mass is 10.1. The second-order valence-corrected chi connectivity index (χ2v) is 5.48. The summed E-state index contributed by atoms with van der Waals surface area (Å²) in [6, 6.07) is 14.8. The van der Waals surface area contributed by atoms with Crippen molar-refractivity contribution in [1.82, 2.24) is 9.97 Å². The number of aromatic nitrogens is 2. The fourth-order valence-electron chi connectivity index (χ4n) is 2.52. The van der Waals surface area contributed by atoms with Crippen LogP contribution in [0.5, 0.6) is 0 Å². The van der Waals surface area contributed by atoms with Crippen molar-refractivity contribution >= 4 is 11.6 Å². The smallest absolute Gasteiger partial charge is 0.231 e. The largest absolute Gasteiger partial charge is 0.347 e. The van der Waals surface area contributed by atoms with Gasteiger partial charge in [0.2, 0.25) is 5.91 Å². The number of H-pyrrole nitrogens is 1. The Labute approximate surface area is 144 Å². The molecule has 2 aromatic carbocycles. The van der Waals surface area contributed by atoms with Crippen molar-refractivity contribution in [3.63, 3.8) is 0 Å². The number of anilines is 1. The van der Waals surface area contributed by atoms with Crippen molar-refractivity contribution < 1.29 is 9.18 Å². The summed E-state index contributed by atoms with van der Waals surface area (Å²) in [4.78, 5) is 21.4.